The average Bonchev–Trinajstić information content (AvgIpc) is 3.14. The third-order valence-electron chi connectivity index (χ3n) is 4.82. The lowest BCUT2D eigenvalue weighted by molar-refractivity contribution is 0.0898. The number of nitrogens with zero attached hydrogens (tertiary/aromatic N) is 1. The maximum atomic E-state index is 12.7. The van der Waals surface area contributed by atoms with Gasteiger partial charge in [0.2, 0.25) is 0 Å². The van der Waals surface area contributed by atoms with Gasteiger partial charge >= 0.3 is 0 Å². The molecule has 2 saturated heterocycles. The Morgan fingerprint density at radius 1 is 1.29 bits per heavy atom. The lowest BCUT2D eigenvalue weighted by Gasteiger charge is -2.30. The van der Waals surface area contributed by atoms with Crippen LogP contribution in [0.25, 0.3) is 0 Å². The summed E-state index contributed by atoms with van der Waals surface area (Å²) in [5.41, 5.74) is 1.76. The summed E-state index contributed by atoms with van der Waals surface area (Å²) in [6.07, 6.45) is 4.67. The molecule has 1 aromatic rings. The summed E-state index contributed by atoms with van der Waals surface area (Å²) in [4.78, 5) is 14.9. The number of ether oxygens (including phenoxy) is 2. The second kappa shape index (κ2) is 8.49. The Morgan fingerprint density at radius 2 is 2.08 bits per heavy atom. The van der Waals surface area contributed by atoms with E-state index < -0.39 is 0 Å². The first kappa shape index (κ1) is 17.2. The number of hydrogen-bond donors (Lipinski definition) is 1. The summed E-state index contributed by atoms with van der Waals surface area (Å²) in [5.74, 6) is 0.0110. The van der Waals surface area contributed by atoms with Crippen molar-refractivity contribution in [3.8, 4) is 0 Å². The Kier molecular flexibility index (Phi) is 6.10. The molecule has 2 atom stereocenters. The van der Waals surface area contributed by atoms with Crippen molar-refractivity contribution in [3.63, 3.8) is 0 Å². The standard InChI is InChI=1S/C19H28N2O3/c1-15(8-9-16-5-4-12-24-16)20-19(22)17-6-2-3-7-18(17)21-10-13-23-14-11-21/h2-3,6-7,15-16H,4-5,8-14H2,1H3,(H,20,22)/t15-,16+/m0/s1. The SMILES string of the molecule is C[C@@H](CC[C@H]1CCCO1)NC(=O)c1ccccc1N1CCOCC1. The fraction of sp³-hybridized carbons (Fsp3) is 0.632. The van der Waals surface area contributed by atoms with Gasteiger partial charge in [-0.15, -0.1) is 0 Å². The van der Waals surface area contributed by atoms with E-state index in [1.54, 1.807) is 0 Å². The predicted octanol–water partition coefficient (Wildman–Crippen LogP) is 2.60. The maximum absolute atomic E-state index is 12.7. The van der Waals surface area contributed by atoms with Crippen LogP contribution in [0.4, 0.5) is 5.69 Å². The van der Waals surface area contributed by atoms with Crippen LogP contribution < -0.4 is 10.2 Å². The zero-order valence-corrected chi connectivity index (χ0v) is 14.5. The second-order valence-electron chi connectivity index (χ2n) is 6.70. The first-order chi connectivity index (χ1) is 11.7. The summed E-state index contributed by atoms with van der Waals surface area (Å²) in [6.45, 7) is 6.06. The smallest absolute Gasteiger partial charge is 0.253 e. The molecule has 24 heavy (non-hydrogen) atoms. The van der Waals surface area contributed by atoms with E-state index in [1.807, 2.05) is 24.3 Å². The molecule has 0 aliphatic carbocycles. The van der Waals surface area contributed by atoms with Gasteiger partial charge in [-0.3, -0.25) is 4.79 Å². The molecule has 1 aromatic carbocycles. The number of morpholine rings is 1. The Labute approximate surface area is 144 Å². The van der Waals surface area contributed by atoms with Gasteiger partial charge in [-0.2, -0.15) is 0 Å². The number of carbonyl (C=O) groups is 1. The first-order valence-electron chi connectivity index (χ1n) is 9.08. The van der Waals surface area contributed by atoms with Crippen molar-refractivity contribution in [2.45, 2.75) is 44.8 Å². The third kappa shape index (κ3) is 4.48. The summed E-state index contributed by atoms with van der Waals surface area (Å²) >= 11 is 0. The molecule has 2 aliphatic heterocycles. The quantitative estimate of drug-likeness (QED) is 0.870. The zero-order chi connectivity index (χ0) is 16.8. The normalized spacial score (nSPS) is 22.4. The number of rotatable bonds is 6. The molecule has 0 saturated carbocycles. The highest BCUT2D eigenvalue weighted by Crippen LogP contribution is 2.22. The number of carbonyl (C=O) groups excluding carboxylic acids is 1. The molecule has 0 spiro atoms. The van der Waals surface area contributed by atoms with Crippen molar-refractivity contribution in [1.82, 2.24) is 5.32 Å². The van der Waals surface area contributed by atoms with Gasteiger partial charge in [-0.25, -0.2) is 0 Å². The van der Waals surface area contributed by atoms with Crippen LogP contribution in [0.2, 0.25) is 0 Å². The monoisotopic (exact) mass is 332 g/mol. The van der Waals surface area contributed by atoms with Crippen molar-refractivity contribution >= 4 is 11.6 Å². The minimum atomic E-state index is 0.0110. The van der Waals surface area contributed by atoms with Gasteiger partial charge in [-0.05, 0) is 44.7 Å². The van der Waals surface area contributed by atoms with Gasteiger partial charge in [0.25, 0.3) is 5.91 Å². The van der Waals surface area contributed by atoms with E-state index in [1.165, 1.54) is 6.42 Å². The van der Waals surface area contributed by atoms with Crippen molar-refractivity contribution in [2.24, 2.45) is 0 Å². The summed E-state index contributed by atoms with van der Waals surface area (Å²) in [5, 5.41) is 3.15. The molecule has 0 unspecified atom stereocenters. The molecule has 2 fully saturated rings. The highest BCUT2D eigenvalue weighted by Gasteiger charge is 2.20. The number of benzene rings is 1. The molecule has 0 radical (unpaired) electrons. The van der Waals surface area contributed by atoms with Gasteiger partial charge in [0.05, 0.1) is 24.9 Å². The molecule has 2 heterocycles. The fourth-order valence-electron chi connectivity index (χ4n) is 3.43. The van der Waals surface area contributed by atoms with Crippen LogP contribution in [-0.4, -0.2) is 51.0 Å². The van der Waals surface area contributed by atoms with Crippen LogP contribution in [0, 0.1) is 0 Å². The lowest BCUT2D eigenvalue weighted by Crippen LogP contribution is -2.39. The van der Waals surface area contributed by atoms with Gasteiger partial charge < -0.3 is 19.7 Å². The molecule has 2 aliphatic rings. The van der Waals surface area contributed by atoms with Crippen molar-refractivity contribution in [3.05, 3.63) is 29.8 Å². The van der Waals surface area contributed by atoms with E-state index in [-0.39, 0.29) is 11.9 Å². The van der Waals surface area contributed by atoms with Crippen molar-refractivity contribution in [2.75, 3.05) is 37.8 Å². The largest absolute Gasteiger partial charge is 0.378 e. The van der Waals surface area contributed by atoms with Crippen molar-refractivity contribution < 1.29 is 14.3 Å². The van der Waals surface area contributed by atoms with Gasteiger partial charge in [0.1, 0.15) is 0 Å². The van der Waals surface area contributed by atoms with E-state index >= 15 is 0 Å². The van der Waals surface area contributed by atoms with Crippen LogP contribution in [0.3, 0.4) is 0 Å². The lowest BCUT2D eigenvalue weighted by atomic mass is 10.1. The van der Waals surface area contributed by atoms with E-state index in [9.17, 15) is 4.79 Å². The number of para-hydroxylation sites is 1. The van der Waals surface area contributed by atoms with Gasteiger partial charge in [-0.1, -0.05) is 12.1 Å². The number of hydrogen-bond acceptors (Lipinski definition) is 4. The summed E-state index contributed by atoms with van der Waals surface area (Å²) in [7, 11) is 0. The molecule has 0 aromatic heterocycles. The number of amides is 1. The molecule has 1 N–H and O–H groups in total. The molecular weight excluding hydrogens is 304 g/mol. The molecule has 0 bridgehead atoms. The van der Waals surface area contributed by atoms with Crippen LogP contribution in [0.5, 0.6) is 0 Å². The van der Waals surface area contributed by atoms with Gasteiger partial charge in [0.15, 0.2) is 0 Å². The molecule has 5 heteroatoms. The molecule has 132 valence electrons. The Bertz CT molecular complexity index is 537. The number of anilines is 1. The minimum Gasteiger partial charge on any atom is -0.378 e. The summed E-state index contributed by atoms with van der Waals surface area (Å²) in [6, 6.07) is 8.00. The van der Waals surface area contributed by atoms with Crippen LogP contribution in [-0.2, 0) is 9.47 Å². The molecular formula is C19H28N2O3. The number of nitrogens with one attached hydrogen (secondary N) is 1. The predicted molar refractivity (Wildman–Crippen MR) is 94.6 cm³/mol. The Hall–Kier alpha value is -1.59. The Morgan fingerprint density at radius 3 is 2.83 bits per heavy atom. The molecule has 1 amide bonds. The van der Waals surface area contributed by atoms with E-state index in [0.717, 1.165) is 50.2 Å². The minimum absolute atomic E-state index is 0.0110. The van der Waals surface area contributed by atoms with E-state index in [0.29, 0.717) is 19.3 Å². The molecule has 3 rings (SSSR count). The zero-order valence-electron chi connectivity index (χ0n) is 14.5. The maximum Gasteiger partial charge on any atom is 0.253 e. The topological polar surface area (TPSA) is 50.8 Å². The average molecular weight is 332 g/mol. The van der Waals surface area contributed by atoms with E-state index in [4.69, 9.17) is 9.47 Å². The van der Waals surface area contributed by atoms with Crippen LogP contribution in [0.1, 0.15) is 43.0 Å². The highest BCUT2D eigenvalue weighted by molar-refractivity contribution is 6.00. The van der Waals surface area contributed by atoms with Crippen LogP contribution >= 0.6 is 0 Å². The van der Waals surface area contributed by atoms with E-state index in [2.05, 4.69) is 17.1 Å². The van der Waals surface area contributed by atoms with Crippen LogP contribution in [0.15, 0.2) is 24.3 Å². The second-order valence-corrected chi connectivity index (χ2v) is 6.70. The molecule has 5 nitrogen and oxygen atoms in total. The van der Waals surface area contributed by atoms with Gasteiger partial charge in [0, 0.05) is 31.4 Å². The first-order valence-corrected chi connectivity index (χ1v) is 9.08. The fourth-order valence-corrected chi connectivity index (χ4v) is 3.43. The summed E-state index contributed by atoms with van der Waals surface area (Å²) < 4.78 is 11.1. The highest BCUT2D eigenvalue weighted by atomic mass is 16.5. The van der Waals surface area contributed by atoms with Crippen molar-refractivity contribution in [1.29, 1.82) is 0 Å². The Balaban J connectivity index is 1.57. The third-order valence-corrected chi connectivity index (χ3v) is 4.82.